The zero-order valence-corrected chi connectivity index (χ0v) is 58.5. The Hall–Kier alpha value is -7.68. The van der Waals surface area contributed by atoms with E-state index in [2.05, 4.69) is 83.2 Å². The summed E-state index contributed by atoms with van der Waals surface area (Å²) in [5.41, 5.74) is 7.48. The van der Waals surface area contributed by atoms with Gasteiger partial charge in [-0.2, -0.15) is 11.8 Å². The van der Waals surface area contributed by atoms with Gasteiger partial charge in [-0.1, -0.05) is 86.9 Å². The molecule has 97 heavy (non-hydrogen) atoms. The first-order chi connectivity index (χ1) is 46.2. The average molecular weight is 1410 g/mol. The van der Waals surface area contributed by atoms with Crippen LogP contribution in [0.5, 0.6) is 0 Å². The van der Waals surface area contributed by atoms with E-state index in [1.165, 1.54) is 36.1 Å². The average Bonchev–Trinajstić information content (AvgIpc) is 1.79. The van der Waals surface area contributed by atoms with Gasteiger partial charge in [0.25, 0.3) is 0 Å². The zero-order valence-electron chi connectivity index (χ0n) is 56.0. The molecular weight excluding hydrogens is 1310 g/mol. The molecular formula is C65H98N14O15S3. The second-order valence-corrected chi connectivity index (χ2v) is 28.9. The van der Waals surface area contributed by atoms with E-state index in [1.54, 1.807) is 32.4 Å². The summed E-state index contributed by atoms with van der Waals surface area (Å²) in [6, 6.07) is -5.33. The number of aromatic amines is 2. The number of unbranched alkanes of at least 4 members (excludes halogenated alkanes) is 1. The predicted octanol–water partition coefficient (Wildman–Crippen LogP) is 1.14. The lowest BCUT2D eigenvalue weighted by molar-refractivity contribution is -0.145. The summed E-state index contributed by atoms with van der Waals surface area (Å²) in [7, 11) is 1.89. The molecule has 2 aliphatic heterocycles. The third-order valence-corrected chi connectivity index (χ3v) is 19.6. The quantitative estimate of drug-likeness (QED) is 0.0467. The number of hydrogen-bond acceptors (Lipinski definition) is 20. The molecule has 2 aromatic heterocycles. The molecule has 2 aliphatic rings. The molecule has 11 atom stereocenters. The van der Waals surface area contributed by atoms with Crippen molar-refractivity contribution in [3.8, 4) is 0 Å². The van der Waals surface area contributed by atoms with Crippen molar-refractivity contribution in [2.45, 2.75) is 191 Å². The van der Waals surface area contributed by atoms with Gasteiger partial charge >= 0.3 is 5.97 Å². The number of ketones is 2. The minimum atomic E-state index is -1.72. The molecule has 536 valence electrons. The Morgan fingerprint density at radius 2 is 1.43 bits per heavy atom. The molecule has 0 bridgehead atoms. The van der Waals surface area contributed by atoms with Gasteiger partial charge in [-0.05, 0) is 87.3 Å². The number of Topliss-reactive ketones (excluding diaryl/α,β-unsaturated/α-hetero) is 2. The number of benzene rings is 1. The van der Waals surface area contributed by atoms with E-state index < -0.39 is 163 Å². The highest BCUT2D eigenvalue weighted by molar-refractivity contribution is 8.76. The number of carboxylic acids is 1. The number of hydrogen-bond donors (Lipinski definition) is 15. The molecule has 3 aromatic rings. The first kappa shape index (κ1) is 80.0. The molecule has 32 heteroatoms. The van der Waals surface area contributed by atoms with Gasteiger partial charge in [0.1, 0.15) is 42.3 Å². The number of fused-ring (bicyclic) bond motifs is 2. The molecule has 9 amide bonds. The van der Waals surface area contributed by atoms with Crippen LogP contribution >= 0.6 is 33.3 Å². The fraction of sp³-hybridized carbons (Fsp3) is 0.615. The van der Waals surface area contributed by atoms with Gasteiger partial charge in [-0.3, -0.25) is 52.7 Å². The van der Waals surface area contributed by atoms with Crippen LogP contribution in [0.2, 0.25) is 0 Å². The van der Waals surface area contributed by atoms with Crippen LogP contribution < -0.4 is 53.6 Å². The van der Waals surface area contributed by atoms with Crippen LogP contribution in [0.25, 0.3) is 10.9 Å². The first-order valence-corrected chi connectivity index (χ1v) is 36.8. The predicted molar refractivity (Wildman–Crippen MR) is 369 cm³/mol. The lowest BCUT2D eigenvalue weighted by atomic mass is 9.95. The molecule has 4 heterocycles. The van der Waals surface area contributed by atoms with Crippen LogP contribution in [-0.4, -0.2) is 210 Å². The van der Waals surface area contributed by atoms with Crippen LogP contribution in [0.1, 0.15) is 129 Å². The normalized spacial score (nSPS) is 24.5. The number of amides is 9. The molecule has 29 nitrogen and oxygen atoms in total. The zero-order chi connectivity index (χ0) is 71.3. The minimum Gasteiger partial charge on any atom is -0.480 e. The molecule has 0 aliphatic carbocycles. The summed E-state index contributed by atoms with van der Waals surface area (Å²) in [5, 5.41) is 56.9. The van der Waals surface area contributed by atoms with Gasteiger partial charge < -0.3 is 83.8 Å². The molecule has 1 aromatic carbocycles. The van der Waals surface area contributed by atoms with Crippen LogP contribution in [0, 0.1) is 17.8 Å². The number of aliphatic hydroxyl groups excluding tert-OH is 2. The van der Waals surface area contributed by atoms with Crippen molar-refractivity contribution in [1.82, 2.24) is 67.7 Å². The third-order valence-electron chi connectivity index (χ3n) is 16.5. The number of aliphatic carboxylic acids is 1. The van der Waals surface area contributed by atoms with Crippen LogP contribution in [0.4, 0.5) is 0 Å². The number of thioether (sulfide) groups is 1. The van der Waals surface area contributed by atoms with Crippen molar-refractivity contribution in [3.05, 3.63) is 66.6 Å². The highest BCUT2D eigenvalue weighted by Crippen LogP contribution is 2.26. The van der Waals surface area contributed by atoms with E-state index in [1.807, 2.05) is 18.2 Å². The van der Waals surface area contributed by atoms with Crippen LogP contribution in [-0.2, 0) is 70.4 Å². The van der Waals surface area contributed by atoms with E-state index in [0.717, 1.165) is 45.3 Å². The van der Waals surface area contributed by atoms with Crippen molar-refractivity contribution in [2.24, 2.45) is 23.5 Å². The molecule has 0 radical (unpaired) electrons. The second-order valence-electron chi connectivity index (χ2n) is 25.4. The van der Waals surface area contributed by atoms with Crippen LogP contribution in [0.3, 0.4) is 0 Å². The molecule has 0 spiro atoms. The van der Waals surface area contributed by atoms with E-state index in [9.17, 15) is 72.9 Å². The summed E-state index contributed by atoms with van der Waals surface area (Å²) in [5.74, 6) is -11.2. The number of para-hydroxylation sites is 1. The van der Waals surface area contributed by atoms with Gasteiger partial charge in [-0.15, -0.1) is 0 Å². The lowest BCUT2D eigenvalue weighted by Crippen LogP contribution is -2.58. The minimum absolute atomic E-state index is 0.0368. The number of nitrogens with one attached hydrogen (secondary N) is 11. The largest absolute Gasteiger partial charge is 0.480 e. The topological polar surface area (TPSA) is 448 Å². The number of carbonyl (C=O) groups excluding carboxylic acids is 11. The maximum atomic E-state index is 14.9. The van der Waals surface area contributed by atoms with E-state index in [0.29, 0.717) is 35.8 Å². The van der Waals surface area contributed by atoms with Gasteiger partial charge in [0, 0.05) is 92.1 Å². The molecule has 16 N–H and O–H groups in total. The van der Waals surface area contributed by atoms with Gasteiger partial charge in [0.15, 0.2) is 11.6 Å². The van der Waals surface area contributed by atoms with Crippen molar-refractivity contribution < 1.29 is 72.9 Å². The number of nitrogens with two attached hydrogens (primary N) is 1. The monoisotopic (exact) mass is 1410 g/mol. The number of imidazole rings is 1. The summed E-state index contributed by atoms with van der Waals surface area (Å²) in [4.78, 5) is 182. The van der Waals surface area contributed by atoms with E-state index >= 15 is 0 Å². The maximum Gasteiger partial charge on any atom is 0.327 e. The summed E-state index contributed by atoms with van der Waals surface area (Å²) in [6.07, 6.45) is 5.61. The third kappa shape index (κ3) is 26.6. The molecule has 2 saturated heterocycles. The number of aromatic nitrogens is 3. The Labute approximate surface area is 577 Å². The molecule has 2 fully saturated rings. The van der Waals surface area contributed by atoms with E-state index in [-0.39, 0.29) is 87.7 Å². The number of nitrogens with zero attached hydrogens (tertiary/aromatic N) is 2. The van der Waals surface area contributed by atoms with Crippen molar-refractivity contribution in [3.63, 3.8) is 0 Å². The van der Waals surface area contributed by atoms with Gasteiger partial charge in [0.2, 0.25) is 53.2 Å². The Kier molecular flexibility index (Phi) is 33.7. The fourth-order valence-electron chi connectivity index (χ4n) is 11.2. The number of rotatable bonds is 23. The Balaban J connectivity index is 1.54. The number of carboxylic acid groups (broad SMARTS) is 1. The van der Waals surface area contributed by atoms with Gasteiger partial charge in [0.05, 0.1) is 42.9 Å². The second kappa shape index (κ2) is 40.9. The number of H-pyrrole nitrogens is 2. The van der Waals surface area contributed by atoms with E-state index in [4.69, 9.17) is 5.73 Å². The Bertz CT molecular complexity index is 3170. The SMILES string of the molecule is C=C(N)NCCC[C@@H]1NC(=O)[C@@H]2CCCN2C(=O)[C@H](CO)CC(=O)[C@H](CCSC)NC(=O)[C@H](Cc2c[nH]c3ccccc23)NC(=O)[C@@H](NC(=O)CCCCC(C)C)CSSC[C@@H](C(=O)O)NC(=O)[C@H]([C@@H](C)O)NC(=O)CCC(=O)[C@H](CC(C)C)NC(=O)[C@H](Cc2cnc[nH]2)NC1=O. The van der Waals surface area contributed by atoms with Gasteiger partial charge in [-0.25, -0.2) is 9.78 Å². The summed E-state index contributed by atoms with van der Waals surface area (Å²) in [6.45, 7) is 11.9. The van der Waals surface area contributed by atoms with Crippen LogP contribution in [0.15, 0.2) is 55.4 Å². The fourth-order valence-corrected chi connectivity index (χ4v) is 14.0. The lowest BCUT2D eigenvalue weighted by Gasteiger charge is -2.30. The van der Waals surface area contributed by atoms with Crippen molar-refractivity contribution in [2.75, 3.05) is 43.2 Å². The highest BCUT2D eigenvalue weighted by Gasteiger charge is 2.41. The molecule has 0 unspecified atom stereocenters. The molecule has 5 rings (SSSR count). The number of aliphatic hydroxyl groups is 2. The first-order valence-electron chi connectivity index (χ1n) is 32.9. The smallest absolute Gasteiger partial charge is 0.327 e. The number of carbonyl (C=O) groups is 12. The Morgan fingerprint density at radius 1 is 0.763 bits per heavy atom. The summed E-state index contributed by atoms with van der Waals surface area (Å²) < 4.78 is 0. The highest BCUT2D eigenvalue weighted by atomic mass is 33.1. The standard InChI is InChI=1S/C65H98N14O15S3/c1-36(2)14-8-11-19-55(84)71-50-33-96-97-34-51(65(93)94)77-63(91)57(38(5)81)78-56(85)21-20-53(82)47(26-37(3)4)74-60(88)49(29-42-31-67-35-70-42)76-58(86)46(17-12-23-68-39(6)66)73-62(90)52-18-13-24-79(52)64(92)41(32-80)28-54(83)45(22-25-95-7)72-59(87)48(75-61(50)89)27-40-30-69-44-16-10-9-15-43(40)44/h9-10,15-16,30-31,35-38,41,45-52,57,68-69,80-81H,6,8,11-14,17-29,32-34,66H2,1-5,7H3,(H,67,70)(H,71,84)(H,72,87)(H,73,90)(H,74,88)(H,75,89)(H,76,86)(H,77,91)(H,78,85)(H,93,94)/t38-,41+,45+,46+,47+,48+,49+,50+,51+,52+,57+/m1/s1. The van der Waals surface area contributed by atoms with Crippen molar-refractivity contribution in [1.29, 1.82) is 0 Å². The molecule has 0 saturated carbocycles. The van der Waals surface area contributed by atoms with Crippen molar-refractivity contribution >= 4 is 115 Å². The summed E-state index contributed by atoms with van der Waals surface area (Å²) >= 11 is 1.37. The Morgan fingerprint density at radius 3 is 2.09 bits per heavy atom. The maximum absolute atomic E-state index is 14.9.